The van der Waals surface area contributed by atoms with Crippen LogP contribution in [0.15, 0.2) is 113 Å². The molecule has 4 aromatic carbocycles. The average molecular weight is 615 g/mol. The summed E-state index contributed by atoms with van der Waals surface area (Å²) in [5, 5.41) is 6.03. The molecule has 11 heteroatoms. The molecule has 1 heterocycles. The van der Waals surface area contributed by atoms with Crippen LogP contribution < -0.4 is 10.5 Å². The predicted molar refractivity (Wildman–Crippen MR) is 163 cm³/mol. The number of nitrogens with zero attached hydrogens (tertiary/aromatic N) is 3. The molecule has 5 rings (SSSR count). The number of esters is 1. The summed E-state index contributed by atoms with van der Waals surface area (Å²) in [5.74, 6) is -1.25. The van der Waals surface area contributed by atoms with Crippen LogP contribution in [-0.2, 0) is 17.5 Å². The smallest absolute Gasteiger partial charge is 0.416 e. The van der Waals surface area contributed by atoms with Gasteiger partial charge in [-0.2, -0.15) is 23.3 Å². The minimum atomic E-state index is -4.60. The molecular formula is C34H29F3N4O4. The molecule has 1 aliphatic rings. The fraction of sp³-hybridized carbons (Fsp3) is 0.176. The Balaban J connectivity index is 1.36. The number of nitrogens with two attached hydrogens (primary N) is 1. The molecule has 0 saturated carbocycles. The van der Waals surface area contributed by atoms with E-state index in [9.17, 15) is 22.8 Å². The van der Waals surface area contributed by atoms with Crippen molar-refractivity contribution in [1.29, 1.82) is 0 Å². The van der Waals surface area contributed by atoms with Gasteiger partial charge in [-0.05, 0) is 66.6 Å². The SMILES string of the molecule is CCOC(=O)c1ccccc1COc1ccc(C2=NN(C(N)=NC(=O)c3cccc(C(F)(F)F)c3)CC2c2ccccc2)cc1. The molecule has 0 spiro atoms. The van der Waals surface area contributed by atoms with Gasteiger partial charge < -0.3 is 15.2 Å². The first-order valence-electron chi connectivity index (χ1n) is 14.1. The van der Waals surface area contributed by atoms with Crippen molar-refractivity contribution in [2.75, 3.05) is 13.2 Å². The summed E-state index contributed by atoms with van der Waals surface area (Å²) >= 11 is 0. The minimum Gasteiger partial charge on any atom is -0.489 e. The van der Waals surface area contributed by atoms with Crippen LogP contribution in [0.25, 0.3) is 0 Å². The number of carbonyl (C=O) groups is 2. The molecule has 0 bridgehead atoms. The maximum Gasteiger partial charge on any atom is 0.416 e. The number of benzene rings is 4. The normalized spacial score (nSPS) is 15.0. The number of hydrogen-bond donors (Lipinski definition) is 1. The van der Waals surface area contributed by atoms with Gasteiger partial charge in [0.25, 0.3) is 5.91 Å². The number of alkyl halides is 3. The molecule has 0 aromatic heterocycles. The molecule has 45 heavy (non-hydrogen) atoms. The first kappa shape index (κ1) is 31.0. The zero-order valence-corrected chi connectivity index (χ0v) is 24.2. The topological polar surface area (TPSA) is 107 Å². The van der Waals surface area contributed by atoms with Gasteiger partial charge in [0.1, 0.15) is 12.4 Å². The number of hydrogen-bond acceptors (Lipinski definition) is 5. The Kier molecular flexibility index (Phi) is 9.27. The lowest BCUT2D eigenvalue weighted by atomic mass is 9.90. The Morgan fingerprint density at radius 2 is 1.67 bits per heavy atom. The standard InChI is InChI=1S/C34H29F3N4O4/c1-2-44-32(43)28-14-7-6-11-25(28)21-45-27-17-15-23(16-18-27)30-29(22-9-4-3-5-10-22)20-41(40-30)33(38)39-31(42)24-12-8-13-26(19-24)34(35,36)37/h3-19,29H,2,20-21H2,1H3,(H2,38,39,42). The highest BCUT2D eigenvalue weighted by molar-refractivity contribution is 6.08. The van der Waals surface area contributed by atoms with Gasteiger partial charge in [-0.1, -0.05) is 54.6 Å². The van der Waals surface area contributed by atoms with Crippen LogP contribution in [-0.4, -0.2) is 41.7 Å². The van der Waals surface area contributed by atoms with Crippen molar-refractivity contribution >= 4 is 23.5 Å². The van der Waals surface area contributed by atoms with E-state index in [4.69, 9.17) is 15.2 Å². The van der Waals surface area contributed by atoms with E-state index in [1.807, 2.05) is 48.5 Å². The zero-order valence-electron chi connectivity index (χ0n) is 24.2. The van der Waals surface area contributed by atoms with Crippen LogP contribution >= 0.6 is 0 Å². The van der Waals surface area contributed by atoms with Crippen molar-refractivity contribution in [2.45, 2.75) is 25.6 Å². The molecule has 230 valence electrons. The number of ether oxygens (including phenoxy) is 2. The molecule has 1 aliphatic heterocycles. The van der Waals surface area contributed by atoms with Gasteiger partial charge in [0, 0.05) is 17.0 Å². The van der Waals surface area contributed by atoms with Crippen molar-refractivity contribution in [1.82, 2.24) is 5.01 Å². The van der Waals surface area contributed by atoms with E-state index in [0.29, 0.717) is 22.6 Å². The van der Waals surface area contributed by atoms with E-state index in [0.717, 1.165) is 29.3 Å². The number of amides is 1. The third kappa shape index (κ3) is 7.38. The van der Waals surface area contributed by atoms with Crippen molar-refractivity contribution < 1.29 is 32.2 Å². The second-order valence-corrected chi connectivity index (χ2v) is 10.1. The molecule has 1 unspecified atom stereocenters. The Labute approximate surface area is 257 Å². The maximum absolute atomic E-state index is 13.1. The lowest BCUT2D eigenvalue weighted by molar-refractivity contribution is -0.137. The Hall–Kier alpha value is -5.45. The van der Waals surface area contributed by atoms with Gasteiger partial charge in [-0.15, -0.1) is 0 Å². The highest BCUT2D eigenvalue weighted by Crippen LogP contribution is 2.31. The predicted octanol–water partition coefficient (Wildman–Crippen LogP) is 6.42. The van der Waals surface area contributed by atoms with Crippen LogP contribution in [0.1, 0.15) is 55.8 Å². The second kappa shape index (κ2) is 13.5. The molecule has 2 N–H and O–H groups in total. The van der Waals surface area contributed by atoms with Crippen molar-refractivity contribution in [3.05, 3.63) is 137 Å². The number of hydrazone groups is 1. The van der Waals surface area contributed by atoms with Crippen molar-refractivity contribution in [2.24, 2.45) is 15.8 Å². The summed E-state index contributed by atoms with van der Waals surface area (Å²) in [5.41, 5.74) is 8.47. The molecular weight excluding hydrogens is 585 g/mol. The van der Waals surface area contributed by atoms with Crippen molar-refractivity contribution in [3.63, 3.8) is 0 Å². The van der Waals surface area contributed by atoms with E-state index in [-0.39, 0.29) is 37.2 Å². The van der Waals surface area contributed by atoms with E-state index < -0.39 is 23.6 Å². The Morgan fingerprint density at radius 1 is 0.956 bits per heavy atom. The van der Waals surface area contributed by atoms with Gasteiger partial charge in [0.05, 0.1) is 30.0 Å². The molecule has 0 saturated heterocycles. The summed E-state index contributed by atoms with van der Waals surface area (Å²) in [4.78, 5) is 28.9. The lowest BCUT2D eigenvalue weighted by Crippen LogP contribution is -2.33. The highest BCUT2D eigenvalue weighted by atomic mass is 19.4. The molecule has 1 atom stereocenters. The van der Waals surface area contributed by atoms with Crippen LogP contribution in [0.3, 0.4) is 0 Å². The van der Waals surface area contributed by atoms with Gasteiger partial charge >= 0.3 is 12.1 Å². The summed E-state index contributed by atoms with van der Waals surface area (Å²) in [6, 6.07) is 27.9. The summed E-state index contributed by atoms with van der Waals surface area (Å²) in [7, 11) is 0. The zero-order chi connectivity index (χ0) is 32.0. The molecule has 8 nitrogen and oxygen atoms in total. The largest absolute Gasteiger partial charge is 0.489 e. The van der Waals surface area contributed by atoms with Crippen LogP contribution in [0.2, 0.25) is 0 Å². The van der Waals surface area contributed by atoms with Crippen LogP contribution in [0.5, 0.6) is 5.75 Å². The fourth-order valence-corrected chi connectivity index (χ4v) is 4.84. The van der Waals surface area contributed by atoms with E-state index in [1.165, 1.54) is 11.1 Å². The minimum absolute atomic E-state index is 0.155. The van der Waals surface area contributed by atoms with E-state index >= 15 is 0 Å². The average Bonchev–Trinajstić information content (AvgIpc) is 3.50. The number of carbonyl (C=O) groups excluding carboxylic acids is 2. The van der Waals surface area contributed by atoms with Gasteiger partial charge in [0.15, 0.2) is 0 Å². The first-order valence-corrected chi connectivity index (χ1v) is 14.1. The van der Waals surface area contributed by atoms with Gasteiger partial charge in [0.2, 0.25) is 5.96 Å². The first-order chi connectivity index (χ1) is 21.6. The lowest BCUT2D eigenvalue weighted by Gasteiger charge is -2.16. The van der Waals surface area contributed by atoms with Gasteiger partial charge in [-0.25, -0.2) is 9.80 Å². The summed E-state index contributed by atoms with van der Waals surface area (Å²) in [6.45, 7) is 2.43. The van der Waals surface area contributed by atoms with Crippen molar-refractivity contribution in [3.8, 4) is 5.75 Å². The Bertz CT molecular complexity index is 1740. The fourth-order valence-electron chi connectivity index (χ4n) is 4.84. The number of halogens is 3. The second-order valence-electron chi connectivity index (χ2n) is 10.1. The quantitative estimate of drug-likeness (QED) is 0.140. The monoisotopic (exact) mass is 614 g/mol. The molecule has 0 radical (unpaired) electrons. The number of guanidine groups is 1. The van der Waals surface area contributed by atoms with Gasteiger partial charge in [-0.3, -0.25) is 4.79 Å². The molecule has 4 aromatic rings. The van der Waals surface area contributed by atoms with Crippen LogP contribution in [0.4, 0.5) is 13.2 Å². The Morgan fingerprint density at radius 3 is 2.38 bits per heavy atom. The summed E-state index contributed by atoms with van der Waals surface area (Å²) in [6.07, 6.45) is -4.60. The maximum atomic E-state index is 13.1. The van der Waals surface area contributed by atoms with Crippen LogP contribution in [0, 0.1) is 0 Å². The highest BCUT2D eigenvalue weighted by Gasteiger charge is 2.32. The third-order valence-corrected chi connectivity index (χ3v) is 7.09. The third-order valence-electron chi connectivity index (χ3n) is 7.09. The molecule has 0 fully saturated rings. The molecule has 1 amide bonds. The number of rotatable bonds is 8. The van der Waals surface area contributed by atoms with E-state index in [1.54, 1.807) is 37.3 Å². The molecule has 0 aliphatic carbocycles. The number of aliphatic imine (C=N–C) groups is 1. The summed E-state index contributed by atoms with van der Waals surface area (Å²) < 4.78 is 50.5. The van der Waals surface area contributed by atoms with E-state index in [2.05, 4.69) is 10.1 Å².